The van der Waals surface area contributed by atoms with Crippen molar-refractivity contribution >= 4 is 16.0 Å². The number of nitrogens with zero attached hydrogens (tertiary/aromatic N) is 1. The van der Waals surface area contributed by atoms with Gasteiger partial charge in [0.05, 0.1) is 0 Å². The monoisotopic (exact) mass is 478 g/mol. The number of alkyl halides is 11. The van der Waals surface area contributed by atoms with Gasteiger partial charge in [-0.3, -0.25) is 4.79 Å². The minimum absolute atomic E-state index is 0.371. The molecule has 0 aromatic heterocycles. The molecule has 0 aliphatic rings. The molecule has 0 aliphatic carbocycles. The molecule has 0 saturated carbocycles. The van der Waals surface area contributed by atoms with Crippen molar-refractivity contribution in [1.82, 2.24) is 9.62 Å². The molecule has 0 aromatic rings. The fraction of sp³-hybridized carbons (Fsp3) is 0.909. The predicted molar refractivity (Wildman–Crippen MR) is 72.5 cm³/mol. The molecular formula is C11H13F11N2O4S. The Balaban J connectivity index is 6.19. The molecule has 0 saturated heterocycles. The topological polar surface area (TPSA) is 86.7 Å². The number of hydrogen-bond acceptors (Lipinski definition) is 4. The van der Waals surface area contributed by atoms with Gasteiger partial charge in [0, 0.05) is 0 Å². The van der Waals surface area contributed by atoms with Gasteiger partial charge in [0.1, 0.15) is 6.04 Å². The van der Waals surface area contributed by atoms with Crippen molar-refractivity contribution in [2.75, 3.05) is 20.6 Å². The summed E-state index contributed by atoms with van der Waals surface area (Å²) in [7, 11) is -4.66. The zero-order chi connectivity index (χ0) is 23.9. The number of halogens is 11. The van der Waals surface area contributed by atoms with E-state index in [0.29, 0.717) is 4.72 Å². The van der Waals surface area contributed by atoms with Crippen LogP contribution in [0.4, 0.5) is 48.3 Å². The van der Waals surface area contributed by atoms with Crippen LogP contribution in [0.1, 0.15) is 6.42 Å². The van der Waals surface area contributed by atoms with Crippen molar-refractivity contribution in [3.05, 3.63) is 0 Å². The number of rotatable bonds is 10. The minimum atomic E-state index is -7.93. The molecule has 2 N–H and O–H groups in total. The van der Waals surface area contributed by atoms with Crippen LogP contribution in [-0.2, 0) is 14.8 Å². The largest absolute Gasteiger partial charge is 0.480 e. The molecule has 1 atom stereocenters. The molecule has 0 bridgehead atoms. The smallest absolute Gasteiger partial charge is 0.460 e. The lowest BCUT2D eigenvalue weighted by molar-refractivity contribution is -0.413. The summed E-state index contributed by atoms with van der Waals surface area (Å²) in [5.41, 5.74) is 0. The van der Waals surface area contributed by atoms with Gasteiger partial charge in [0.2, 0.25) is 0 Å². The highest BCUT2D eigenvalue weighted by molar-refractivity contribution is 7.90. The molecule has 6 nitrogen and oxygen atoms in total. The maximum Gasteiger partial charge on any atom is 0.460 e. The lowest BCUT2D eigenvalue weighted by Crippen LogP contribution is -2.69. The Morgan fingerprint density at radius 3 is 1.62 bits per heavy atom. The van der Waals surface area contributed by atoms with Crippen LogP contribution in [0.2, 0.25) is 0 Å². The maximum atomic E-state index is 13.6. The van der Waals surface area contributed by atoms with Crippen LogP contribution in [0.5, 0.6) is 0 Å². The molecule has 0 spiro atoms. The van der Waals surface area contributed by atoms with E-state index in [1.54, 1.807) is 0 Å². The van der Waals surface area contributed by atoms with Gasteiger partial charge in [-0.2, -0.15) is 53.0 Å². The van der Waals surface area contributed by atoms with E-state index in [0.717, 1.165) is 4.90 Å². The van der Waals surface area contributed by atoms with E-state index in [-0.39, 0.29) is 6.54 Å². The van der Waals surface area contributed by atoms with E-state index in [9.17, 15) is 61.5 Å². The van der Waals surface area contributed by atoms with Gasteiger partial charge in [-0.1, -0.05) is 0 Å². The Kier molecular flexibility index (Phi) is 7.62. The fourth-order valence-electron chi connectivity index (χ4n) is 1.61. The maximum absolute atomic E-state index is 13.6. The van der Waals surface area contributed by atoms with Crippen molar-refractivity contribution in [2.24, 2.45) is 0 Å². The first kappa shape index (κ1) is 27.6. The quantitative estimate of drug-likeness (QED) is 0.471. The first-order chi connectivity index (χ1) is 12.5. The number of aliphatic carboxylic acids is 1. The summed E-state index contributed by atoms with van der Waals surface area (Å²) in [6.45, 7) is -0.371. The third kappa shape index (κ3) is 4.84. The van der Waals surface area contributed by atoms with Crippen LogP contribution in [0.25, 0.3) is 0 Å². The molecule has 0 rings (SSSR count). The molecule has 0 aliphatic heterocycles. The number of hydrogen-bond donors (Lipinski definition) is 2. The number of nitrogens with one attached hydrogen (secondary N) is 1. The average molecular weight is 478 g/mol. The Hall–Kier alpha value is -1.43. The van der Waals surface area contributed by atoms with Gasteiger partial charge in [-0.15, -0.1) is 0 Å². The molecule has 0 amide bonds. The first-order valence-corrected chi connectivity index (χ1v) is 8.43. The average Bonchev–Trinajstić information content (AvgIpc) is 2.48. The molecule has 174 valence electrons. The normalized spacial score (nSPS) is 16.2. The predicted octanol–water partition coefficient (Wildman–Crippen LogP) is 2.37. The van der Waals surface area contributed by atoms with Crippen molar-refractivity contribution in [3.8, 4) is 0 Å². The Labute approximate surface area is 155 Å². The third-order valence-corrected chi connectivity index (χ3v) is 4.83. The Morgan fingerprint density at radius 2 is 1.31 bits per heavy atom. The van der Waals surface area contributed by atoms with Crippen LogP contribution >= 0.6 is 0 Å². The second-order valence-electron chi connectivity index (χ2n) is 5.84. The summed E-state index contributed by atoms with van der Waals surface area (Å²) < 4.78 is 165. The van der Waals surface area contributed by atoms with E-state index in [1.807, 2.05) is 0 Å². The fourth-order valence-corrected chi connectivity index (χ4v) is 2.82. The van der Waals surface area contributed by atoms with Crippen LogP contribution in [0.15, 0.2) is 0 Å². The summed E-state index contributed by atoms with van der Waals surface area (Å²) >= 11 is 0. The standard InChI is InChI=1S/C11H13F11N2O4S/c1-24(2)4-3-5(6(25)26)23-29(27,28)11(21,22)9(16,17)7(12,13)8(14,15)10(18,19)20/h5,23H,3-4H2,1-2H3,(H,25,26). The highest BCUT2D eigenvalue weighted by Crippen LogP contribution is 2.58. The Morgan fingerprint density at radius 1 is 0.897 bits per heavy atom. The van der Waals surface area contributed by atoms with Gasteiger partial charge < -0.3 is 10.0 Å². The third-order valence-electron chi connectivity index (χ3n) is 3.31. The first-order valence-electron chi connectivity index (χ1n) is 6.94. The Bertz CT molecular complexity index is 706. The second-order valence-corrected chi connectivity index (χ2v) is 7.60. The number of carboxylic acids is 1. The summed E-state index contributed by atoms with van der Waals surface area (Å²) in [5.74, 6) is -25.8. The molecular weight excluding hydrogens is 465 g/mol. The highest BCUT2D eigenvalue weighted by Gasteiger charge is 2.89. The molecule has 29 heavy (non-hydrogen) atoms. The minimum Gasteiger partial charge on any atom is -0.480 e. The summed E-state index contributed by atoms with van der Waals surface area (Å²) in [5, 5.41) is 1.45. The van der Waals surface area contributed by atoms with Gasteiger partial charge in [0.15, 0.2) is 0 Å². The molecule has 0 fully saturated rings. The van der Waals surface area contributed by atoms with Gasteiger partial charge in [0.25, 0.3) is 10.0 Å². The summed E-state index contributed by atoms with van der Waals surface area (Å²) in [6.07, 6.45) is -8.35. The van der Waals surface area contributed by atoms with Gasteiger partial charge >= 0.3 is 35.2 Å². The van der Waals surface area contributed by atoms with E-state index < -0.39 is 57.7 Å². The molecule has 18 heteroatoms. The number of carbonyl (C=O) groups is 1. The molecule has 0 aromatic carbocycles. The summed E-state index contributed by atoms with van der Waals surface area (Å²) in [4.78, 5) is 12.0. The number of carboxylic acid groups (broad SMARTS) is 1. The van der Waals surface area contributed by atoms with E-state index in [4.69, 9.17) is 5.11 Å². The van der Waals surface area contributed by atoms with E-state index in [2.05, 4.69) is 0 Å². The zero-order valence-electron chi connectivity index (χ0n) is 14.2. The van der Waals surface area contributed by atoms with Crippen LogP contribution in [0, 0.1) is 0 Å². The molecule has 0 heterocycles. The van der Waals surface area contributed by atoms with Crippen molar-refractivity contribution in [2.45, 2.75) is 41.7 Å². The van der Waals surface area contributed by atoms with E-state index >= 15 is 0 Å². The zero-order valence-corrected chi connectivity index (χ0v) is 15.0. The van der Waals surface area contributed by atoms with Crippen LogP contribution in [-0.4, -0.2) is 80.3 Å². The molecule has 1 unspecified atom stereocenters. The van der Waals surface area contributed by atoms with Gasteiger partial charge in [-0.05, 0) is 27.1 Å². The summed E-state index contributed by atoms with van der Waals surface area (Å²) in [6, 6.07) is -2.62. The lowest BCUT2D eigenvalue weighted by atomic mass is 10.0. The van der Waals surface area contributed by atoms with Gasteiger partial charge in [-0.25, -0.2) is 8.42 Å². The van der Waals surface area contributed by atoms with Crippen molar-refractivity contribution in [3.63, 3.8) is 0 Å². The van der Waals surface area contributed by atoms with Crippen molar-refractivity contribution < 1.29 is 66.6 Å². The number of sulfonamides is 1. The second kappa shape index (κ2) is 8.01. The highest BCUT2D eigenvalue weighted by atomic mass is 32.2. The lowest BCUT2D eigenvalue weighted by Gasteiger charge is -2.37. The SMILES string of the molecule is CN(C)CCC(NS(=O)(=O)C(F)(F)C(F)(F)C(F)(F)C(F)(F)C(F)(F)F)C(=O)O. The van der Waals surface area contributed by atoms with Crippen LogP contribution in [0.3, 0.4) is 0 Å². The van der Waals surface area contributed by atoms with Crippen molar-refractivity contribution in [1.29, 1.82) is 0 Å². The van der Waals surface area contributed by atoms with E-state index in [1.165, 1.54) is 14.1 Å². The molecule has 0 radical (unpaired) electrons. The van der Waals surface area contributed by atoms with Crippen LogP contribution < -0.4 is 4.72 Å².